The molecule has 0 aromatic carbocycles. The summed E-state index contributed by atoms with van der Waals surface area (Å²) in [6.45, 7) is 0.342. The molecule has 2 N–H and O–H groups in total. The molecule has 19 heavy (non-hydrogen) atoms. The lowest BCUT2D eigenvalue weighted by Gasteiger charge is -2.12. The first kappa shape index (κ1) is 12.1. The van der Waals surface area contributed by atoms with Crippen LogP contribution in [0.2, 0.25) is 0 Å². The van der Waals surface area contributed by atoms with Crippen LogP contribution in [0, 0.1) is 16.7 Å². The van der Waals surface area contributed by atoms with Crippen LogP contribution in [0.25, 0.3) is 0 Å². The van der Waals surface area contributed by atoms with Crippen molar-refractivity contribution in [1.82, 2.24) is 4.57 Å². The minimum atomic E-state index is -0.326. The summed E-state index contributed by atoms with van der Waals surface area (Å²) in [5, 5.41) is 8.74. The second-order valence-corrected chi connectivity index (χ2v) is 5.71. The molecule has 2 aliphatic carbocycles. The number of nitrogens with zero attached hydrogens (tertiary/aromatic N) is 2. The van der Waals surface area contributed by atoms with E-state index in [2.05, 4.69) is 6.07 Å². The van der Waals surface area contributed by atoms with Crippen molar-refractivity contribution in [3.63, 3.8) is 0 Å². The normalized spacial score (nSPS) is 19.7. The number of aromatic nitrogens is 1. The van der Waals surface area contributed by atoms with E-state index in [1.807, 2.05) is 4.57 Å². The SMILES string of the molecule is N#CCC1(COC(=O)c2cc(N)cn2C2CC2)CC1. The zero-order chi connectivity index (χ0) is 13.5. The number of nitrogens with two attached hydrogens (primary N) is 1. The van der Waals surface area contributed by atoms with Gasteiger partial charge in [-0.15, -0.1) is 0 Å². The molecule has 0 radical (unpaired) electrons. The van der Waals surface area contributed by atoms with Crippen LogP contribution in [-0.2, 0) is 4.74 Å². The molecule has 0 saturated heterocycles. The van der Waals surface area contributed by atoms with Crippen molar-refractivity contribution in [2.75, 3.05) is 12.3 Å². The second-order valence-electron chi connectivity index (χ2n) is 5.71. The van der Waals surface area contributed by atoms with Gasteiger partial charge in [0, 0.05) is 24.1 Å². The molecule has 1 aromatic heterocycles. The summed E-state index contributed by atoms with van der Waals surface area (Å²) in [5.41, 5.74) is 6.81. The third kappa shape index (κ3) is 2.43. The van der Waals surface area contributed by atoms with Crippen LogP contribution in [0.4, 0.5) is 5.69 Å². The third-order valence-corrected chi connectivity index (χ3v) is 3.94. The Kier molecular flexibility index (Phi) is 2.74. The van der Waals surface area contributed by atoms with Crippen molar-refractivity contribution in [2.45, 2.75) is 38.1 Å². The number of carbonyl (C=O) groups is 1. The maximum Gasteiger partial charge on any atom is 0.355 e. The predicted molar refractivity (Wildman–Crippen MR) is 69.3 cm³/mol. The van der Waals surface area contributed by atoms with E-state index in [0.29, 0.717) is 30.5 Å². The lowest BCUT2D eigenvalue weighted by atomic mass is 10.1. The zero-order valence-electron chi connectivity index (χ0n) is 10.8. The van der Waals surface area contributed by atoms with Gasteiger partial charge in [0.2, 0.25) is 0 Å². The van der Waals surface area contributed by atoms with Crippen LogP contribution < -0.4 is 5.73 Å². The highest BCUT2D eigenvalue weighted by Gasteiger charge is 2.44. The number of rotatable bonds is 5. The first-order chi connectivity index (χ1) is 9.13. The fourth-order valence-electron chi connectivity index (χ4n) is 2.33. The minimum absolute atomic E-state index is 0.0764. The Bertz CT molecular complexity index is 548. The van der Waals surface area contributed by atoms with Crippen molar-refractivity contribution in [3.05, 3.63) is 18.0 Å². The monoisotopic (exact) mass is 259 g/mol. The fourth-order valence-corrected chi connectivity index (χ4v) is 2.33. The van der Waals surface area contributed by atoms with Crippen molar-refractivity contribution in [1.29, 1.82) is 5.26 Å². The average molecular weight is 259 g/mol. The number of esters is 1. The third-order valence-electron chi connectivity index (χ3n) is 3.94. The Morgan fingerprint density at radius 3 is 2.89 bits per heavy atom. The molecule has 2 saturated carbocycles. The molecule has 0 amide bonds. The molecule has 2 aliphatic rings. The smallest absolute Gasteiger partial charge is 0.355 e. The number of carbonyl (C=O) groups excluding carboxylic acids is 1. The molecule has 5 nitrogen and oxygen atoms in total. The van der Waals surface area contributed by atoms with E-state index in [9.17, 15) is 4.79 Å². The summed E-state index contributed by atoms with van der Waals surface area (Å²) in [7, 11) is 0. The molecule has 0 bridgehead atoms. The van der Waals surface area contributed by atoms with Crippen LogP contribution in [0.3, 0.4) is 0 Å². The average Bonchev–Trinajstić information content (AvgIpc) is 3.28. The van der Waals surface area contributed by atoms with Crippen LogP contribution in [0.1, 0.15) is 48.6 Å². The Labute approximate surface area is 111 Å². The maximum atomic E-state index is 12.1. The Hall–Kier alpha value is -1.96. The minimum Gasteiger partial charge on any atom is -0.460 e. The number of ether oxygens (including phenoxy) is 1. The molecule has 1 heterocycles. The molecule has 2 fully saturated rings. The van der Waals surface area contributed by atoms with Crippen molar-refractivity contribution in [2.24, 2.45) is 5.41 Å². The molecule has 0 unspecified atom stereocenters. The fraction of sp³-hybridized carbons (Fsp3) is 0.571. The van der Waals surface area contributed by atoms with Gasteiger partial charge in [0.05, 0.1) is 18.4 Å². The van der Waals surface area contributed by atoms with Gasteiger partial charge < -0.3 is 15.0 Å². The quantitative estimate of drug-likeness (QED) is 0.822. The van der Waals surface area contributed by atoms with Crippen LogP contribution >= 0.6 is 0 Å². The largest absolute Gasteiger partial charge is 0.460 e. The van der Waals surface area contributed by atoms with Crippen molar-refractivity contribution < 1.29 is 9.53 Å². The zero-order valence-corrected chi connectivity index (χ0v) is 10.8. The highest BCUT2D eigenvalue weighted by atomic mass is 16.5. The molecule has 5 heteroatoms. The lowest BCUT2D eigenvalue weighted by molar-refractivity contribution is 0.0407. The number of nitriles is 1. The van der Waals surface area contributed by atoms with Gasteiger partial charge in [0.25, 0.3) is 0 Å². The van der Waals surface area contributed by atoms with Gasteiger partial charge in [0.1, 0.15) is 5.69 Å². The summed E-state index contributed by atoms with van der Waals surface area (Å²) in [6.07, 6.45) is 6.39. The Morgan fingerprint density at radius 2 is 2.32 bits per heavy atom. The molecule has 0 atom stereocenters. The van der Waals surface area contributed by atoms with Gasteiger partial charge >= 0.3 is 5.97 Å². The van der Waals surface area contributed by atoms with E-state index in [-0.39, 0.29) is 11.4 Å². The summed E-state index contributed by atoms with van der Waals surface area (Å²) >= 11 is 0. The highest BCUT2D eigenvalue weighted by molar-refractivity contribution is 5.89. The van der Waals surface area contributed by atoms with Crippen LogP contribution in [-0.4, -0.2) is 17.1 Å². The maximum absolute atomic E-state index is 12.1. The summed E-state index contributed by atoms with van der Waals surface area (Å²) in [5.74, 6) is -0.326. The molecule has 100 valence electrons. The van der Waals surface area contributed by atoms with E-state index in [4.69, 9.17) is 15.7 Å². The first-order valence-corrected chi connectivity index (χ1v) is 6.65. The Balaban J connectivity index is 1.66. The molecule has 1 aromatic rings. The van der Waals surface area contributed by atoms with Gasteiger partial charge in [0.15, 0.2) is 0 Å². The van der Waals surface area contributed by atoms with Crippen LogP contribution in [0.15, 0.2) is 12.3 Å². The molecule has 0 spiro atoms. The number of hydrogen-bond acceptors (Lipinski definition) is 4. The molecule has 0 aliphatic heterocycles. The van der Waals surface area contributed by atoms with E-state index in [0.717, 1.165) is 25.7 Å². The summed E-state index contributed by atoms with van der Waals surface area (Å²) in [6, 6.07) is 4.23. The lowest BCUT2D eigenvalue weighted by Crippen LogP contribution is -2.17. The van der Waals surface area contributed by atoms with Gasteiger partial charge in [-0.25, -0.2) is 4.79 Å². The summed E-state index contributed by atoms with van der Waals surface area (Å²) < 4.78 is 7.29. The van der Waals surface area contributed by atoms with Gasteiger partial charge in [-0.05, 0) is 31.7 Å². The van der Waals surface area contributed by atoms with Crippen molar-refractivity contribution in [3.8, 4) is 6.07 Å². The molecular weight excluding hydrogens is 242 g/mol. The molecule has 3 rings (SSSR count). The number of anilines is 1. The van der Waals surface area contributed by atoms with E-state index in [1.54, 1.807) is 12.3 Å². The van der Waals surface area contributed by atoms with E-state index in [1.165, 1.54) is 0 Å². The summed E-state index contributed by atoms with van der Waals surface area (Å²) in [4.78, 5) is 12.1. The van der Waals surface area contributed by atoms with E-state index < -0.39 is 0 Å². The van der Waals surface area contributed by atoms with Gasteiger partial charge in [-0.3, -0.25) is 0 Å². The number of hydrogen-bond donors (Lipinski definition) is 1. The standard InChI is InChI=1S/C14H17N3O2/c15-6-5-14(3-4-14)9-19-13(18)12-7-10(16)8-17(12)11-1-2-11/h7-8,11H,1-5,9,16H2. The van der Waals surface area contributed by atoms with Gasteiger partial charge in [-0.2, -0.15) is 5.26 Å². The topological polar surface area (TPSA) is 81.0 Å². The number of nitrogen functional groups attached to an aromatic ring is 1. The Morgan fingerprint density at radius 1 is 1.58 bits per heavy atom. The first-order valence-electron chi connectivity index (χ1n) is 6.65. The highest BCUT2D eigenvalue weighted by Crippen LogP contribution is 2.48. The van der Waals surface area contributed by atoms with Crippen LogP contribution in [0.5, 0.6) is 0 Å². The predicted octanol–water partition coefficient (Wildman–Crippen LogP) is 2.26. The molecular formula is C14H17N3O2. The second kappa shape index (κ2) is 4.30. The van der Waals surface area contributed by atoms with E-state index >= 15 is 0 Å². The van der Waals surface area contributed by atoms with Crippen molar-refractivity contribution >= 4 is 11.7 Å². The van der Waals surface area contributed by atoms with Gasteiger partial charge in [-0.1, -0.05) is 0 Å².